The van der Waals surface area contributed by atoms with Crippen molar-refractivity contribution in [2.45, 2.75) is 31.9 Å². The summed E-state index contributed by atoms with van der Waals surface area (Å²) in [5.74, 6) is -3.85. The van der Waals surface area contributed by atoms with E-state index in [1.165, 1.54) is 0 Å². The molecule has 2 N–H and O–H groups in total. The first-order valence-electron chi connectivity index (χ1n) is 3.61. The fourth-order valence-corrected chi connectivity index (χ4v) is 0.726. The Bertz CT molecular complexity index is 176. The Balaban J connectivity index is 4.40. The van der Waals surface area contributed by atoms with E-state index in [0.717, 1.165) is 0 Å². The molecule has 0 saturated heterocycles. The molecule has 0 heterocycles. The van der Waals surface area contributed by atoms with Crippen LogP contribution in [0.25, 0.3) is 0 Å². The third kappa shape index (κ3) is 2.18. The Labute approximate surface area is 69.0 Å². The number of hydrogen-bond donors (Lipinski definition) is 2. The van der Waals surface area contributed by atoms with Gasteiger partial charge in [0, 0.05) is 6.42 Å². The summed E-state index contributed by atoms with van der Waals surface area (Å²) in [6, 6.07) is 0. The van der Waals surface area contributed by atoms with Crippen molar-refractivity contribution in [2.75, 3.05) is 0 Å². The van der Waals surface area contributed by atoms with Crippen molar-refractivity contribution in [3.8, 4) is 0 Å². The standard InChI is InChI=1S/C7H11FO4/c1-2-3-4-7(8,5(9)10)6(11)12/h2-4H2,1H3,(H,9,10)(H,11,12). The normalized spacial score (nSPS) is 11.2. The maximum atomic E-state index is 13.0. The Morgan fingerprint density at radius 3 is 2.00 bits per heavy atom. The van der Waals surface area contributed by atoms with Crippen LogP contribution in [0.4, 0.5) is 4.39 Å². The smallest absolute Gasteiger partial charge is 0.353 e. The van der Waals surface area contributed by atoms with E-state index >= 15 is 0 Å². The molecule has 4 nitrogen and oxygen atoms in total. The van der Waals surface area contributed by atoms with E-state index in [0.29, 0.717) is 6.42 Å². The summed E-state index contributed by atoms with van der Waals surface area (Å²) in [6.07, 6.45) is 0.329. The highest BCUT2D eigenvalue weighted by Gasteiger charge is 2.46. The van der Waals surface area contributed by atoms with Crippen LogP contribution in [0.5, 0.6) is 0 Å². The summed E-state index contributed by atoms with van der Waals surface area (Å²) in [4.78, 5) is 20.4. The van der Waals surface area contributed by atoms with Crippen LogP contribution in [0.1, 0.15) is 26.2 Å². The average Bonchev–Trinajstić information content (AvgIpc) is 1.99. The third-order valence-electron chi connectivity index (χ3n) is 1.55. The van der Waals surface area contributed by atoms with E-state index in [-0.39, 0.29) is 6.42 Å². The van der Waals surface area contributed by atoms with Crippen LogP contribution in [-0.4, -0.2) is 27.8 Å². The van der Waals surface area contributed by atoms with Crippen molar-refractivity contribution < 1.29 is 24.2 Å². The van der Waals surface area contributed by atoms with Gasteiger partial charge in [-0.05, 0) is 6.42 Å². The van der Waals surface area contributed by atoms with Crippen molar-refractivity contribution in [1.29, 1.82) is 0 Å². The Morgan fingerprint density at radius 2 is 1.75 bits per heavy atom. The summed E-state index contributed by atoms with van der Waals surface area (Å²) in [5.41, 5.74) is -3.12. The molecule has 0 atom stereocenters. The van der Waals surface area contributed by atoms with Gasteiger partial charge in [0.05, 0.1) is 0 Å². The molecule has 12 heavy (non-hydrogen) atoms. The van der Waals surface area contributed by atoms with Crippen LogP contribution < -0.4 is 0 Å². The van der Waals surface area contributed by atoms with Gasteiger partial charge in [0.15, 0.2) is 0 Å². The fraction of sp³-hybridized carbons (Fsp3) is 0.714. The molecule has 5 heteroatoms. The first kappa shape index (κ1) is 10.9. The van der Waals surface area contributed by atoms with Gasteiger partial charge < -0.3 is 10.2 Å². The number of carboxylic acids is 2. The maximum Gasteiger partial charge on any atom is 0.353 e. The number of aliphatic carboxylic acids is 2. The number of halogens is 1. The largest absolute Gasteiger partial charge is 0.478 e. The van der Waals surface area contributed by atoms with Gasteiger partial charge in [-0.15, -0.1) is 0 Å². The number of carboxylic acid groups (broad SMARTS) is 2. The van der Waals surface area contributed by atoms with Gasteiger partial charge in [0.2, 0.25) is 0 Å². The zero-order valence-corrected chi connectivity index (χ0v) is 6.71. The van der Waals surface area contributed by atoms with Crippen LogP contribution in [0.2, 0.25) is 0 Å². The molecule has 0 fully saturated rings. The van der Waals surface area contributed by atoms with Gasteiger partial charge in [-0.2, -0.15) is 0 Å². The van der Waals surface area contributed by atoms with Crippen LogP contribution >= 0.6 is 0 Å². The van der Waals surface area contributed by atoms with E-state index in [9.17, 15) is 14.0 Å². The van der Waals surface area contributed by atoms with E-state index in [2.05, 4.69) is 0 Å². The van der Waals surface area contributed by atoms with E-state index in [1.54, 1.807) is 6.92 Å². The van der Waals surface area contributed by atoms with Crippen LogP contribution in [0.15, 0.2) is 0 Å². The average molecular weight is 178 g/mol. The van der Waals surface area contributed by atoms with Crippen molar-refractivity contribution >= 4 is 11.9 Å². The van der Waals surface area contributed by atoms with Gasteiger partial charge in [-0.1, -0.05) is 13.3 Å². The van der Waals surface area contributed by atoms with Crippen molar-refractivity contribution in [2.24, 2.45) is 0 Å². The third-order valence-corrected chi connectivity index (χ3v) is 1.55. The summed E-state index contributed by atoms with van der Waals surface area (Å²) in [7, 11) is 0. The molecule has 70 valence electrons. The number of alkyl halides is 1. The monoisotopic (exact) mass is 178 g/mol. The number of carbonyl (C=O) groups is 2. The zero-order valence-electron chi connectivity index (χ0n) is 6.71. The van der Waals surface area contributed by atoms with Gasteiger partial charge in [-0.3, -0.25) is 0 Å². The second-order valence-electron chi connectivity index (χ2n) is 2.52. The van der Waals surface area contributed by atoms with Crippen LogP contribution in [-0.2, 0) is 9.59 Å². The highest BCUT2D eigenvalue weighted by molar-refractivity contribution is 6.01. The molecule has 0 spiro atoms. The Kier molecular flexibility index (Phi) is 3.66. The molecule has 0 saturated carbocycles. The lowest BCUT2D eigenvalue weighted by Gasteiger charge is -2.14. The lowest BCUT2D eigenvalue weighted by atomic mass is 9.99. The second-order valence-corrected chi connectivity index (χ2v) is 2.52. The fourth-order valence-electron chi connectivity index (χ4n) is 0.726. The number of rotatable bonds is 5. The van der Waals surface area contributed by atoms with E-state index < -0.39 is 24.0 Å². The Hall–Kier alpha value is -1.13. The van der Waals surface area contributed by atoms with Gasteiger partial charge >= 0.3 is 17.6 Å². The predicted molar refractivity (Wildman–Crippen MR) is 38.6 cm³/mol. The lowest BCUT2D eigenvalue weighted by Crippen LogP contribution is -2.42. The molecular weight excluding hydrogens is 167 g/mol. The second kappa shape index (κ2) is 4.04. The van der Waals surface area contributed by atoms with Crippen LogP contribution in [0.3, 0.4) is 0 Å². The predicted octanol–water partition coefficient (Wildman–Crippen LogP) is 1.05. The molecular formula is C7H11FO4. The summed E-state index contributed by atoms with van der Waals surface area (Å²) >= 11 is 0. The molecule has 0 aliphatic rings. The molecule has 0 radical (unpaired) electrons. The van der Waals surface area contributed by atoms with Gasteiger partial charge in [0.25, 0.3) is 0 Å². The topological polar surface area (TPSA) is 74.6 Å². The quantitative estimate of drug-likeness (QED) is 0.617. The first-order chi connectivity index (χ1) is 5.45. The Morgan fingerprint density at radius 1 is 1.33 bits per heavy atom. The molecule has 0 unspecified atom stereocenters. The van der Waals surface area contributed by atoms with E-state index in [4.69, 9.17) is 10.2 Å². The van der Waals surface area contributed by atoms with Gasteiger partial charge in [0.1, 0.15) is 0 Å². The summed E-state index contributed by atoms with van der Waals surface area (Å²) in [6.45, 7) is 1.73. The summed E-state index contributed by atoms with van der Waals surface area (Å²) in [5, 5.41) is 16.5. The molecule has 0 aromatic rings. The molecule has 0 bridgehead atoms. The minimum absolute atomic E-state index is 0.245. The molecule has 0 aliphatic carbocycles. The number of hydrogen-bond acceptors (Lipinski definition) is 2. The molecule has 0 aromatic heterocycles. The summed E-state index contributed by atoms with van der Waals surface area (Å²) < 4.78 is 13.0. The van der Waals surface area contributed by atoms with Crippen LogP contribution in [0, 0.1) is 0 Å². The van der Waals surface area contributed by atoms with Crippen molar-refractivity contribution in [3.05, 3.63) is 0 Å². The van der Waals surface area contributed by atoms with E-state index in [1.807, 2.05) is 0 Å². The lowest BCUT2D eigenvalue weighted by molar-refractivity contribution is -0.167. The first-order valence-corrected chi connectivity index (χ1v) is 3.61. The number of unbranched alkanes of at least 4 members (excludes halogenated alkanes) is 1. The van der Waals surface area contributed by atoms with Gasteiger partial charge in [-0.25, -0.2) is 14.0 Å². The zero-order chi connectivity index (χ0) is 9.78. The highest BCUT2D eigenvalue weighted by atomic mass is 19.1. The molecule has 0 rings (SSSR count). The van der Waals surface area contributed by atoms with Crippen molar-refractivity contribution in [3.63, 3.8) is 0 Å². The molecule has 0 aromatic carbocycles. The highest BCUT2D eigenvalue weighted by Crippen LogP contribution is 2.20. The minimum Gasteiger partial charge on any atom is -0.478 e. The molecule has 0 aliphatic heterocycles. The maximum absolute atomic E-state index is 13.0. The minimum atomic E-state index is -3.12. The SMILES string of the molecule is CCCCC(F)(C(=O)O)C(=O)O. The molecule has 0 amide bonds. The van der Waals surface area contributed by atoms with Crippen molar-refractivity contribution in [1.82, 2.24) is 0 Å².